The van der Waals surface area contributed by atoms with Crippen LogP contribution >= 0.6 is 0 Å². The number of aromatic amines is 1. The van der Waals surface area contributed by atoms with Crippen LogP contribution in [0.25, 0.3) is 22.2 Å². The highest BCUT2D eigenvalue weighted by Gasteiger charge is 2.23. The molecule has 0 saturated carbocycles. The number of rotatable bonds is 5. The molecule has 0 aliphatic heterocycles. The van der Waals surface area contributed by atoms with Gasteiger partial charge in [0.25, 0.3) is 0 Å². The minimum Gasteiger partial charge on any atom is -0.496 e. The van der Waals surface area contributed by atoms with E-state index >= 15 is 0 Å². The minimum atomic E-state index is 0.466. The third-order valence-electron chi connectivity index (χ3n) is 5.67. The van der Waals surface area contributed by atoms with E-state index in [0.29, 0.717) is 6.04 Å². The van der Waals surface area contributed by atoms with Crippen molar-refractivity contribution in [2.24, 2.45) is 0 Å². The summed E-state index contributed by atoms with van der Waals surface area (Å²) in [6.07, 6.45) is 3.83. The van der Waals surface area contributed by atoms with Gasteiger partial charge in [0.15, 0.2) is 0 Å². The molecular weight excluding hydrogens is 346 g/mol. The van der Waals surface area contributed by atoms with Crippen LogP contribution < -0.4 is 10.1 Å². The monoisotopic (exact) mass is 369 g/mol. The van der Waals surface area contributed by atoms with Crippen molar-refractivity contribution in [2.75, 3.05) is 7.11 Å². The van der Waals surface area contributed by atoms with Gasteiger partial charge in [-0.15, -0.1) is 0 Å². The average molecular weight is 369 g/mol. The Hall–Kier alpha value is -3.11. The largest absolute Gasteiger partial charge is 0.496 e. The van der Waals surface area contributed by atoms with Crippen molar-refractivity contribution in [3.63, 3.8) is 0 Å². The summed E-state index contributed by atoms with van der Waals surface area (Å²) in [6.45, 7) is 0.876. The molecule has 1 aromatic heterocycles. The summed E-state index contributed by atoms with van der Waals surface area (Å²) in [4.78, 5) is 7.46. The first-order valence-corrected chi connectivity index (χ1v) is 9.71. The normalized spacial score (nSPS) is 15.7. The van der Waals surface area contributed by atoms with Gasteiger partial charge in [-0.2, -0.15) is 0 Å². The molecular formula is C24H23N3O. The second kappa shape index (κ2) is 7.13. The van der Waals surface area contributed by atoms with Gasteiger partial charge in [-0.1, -0.05) is 42.5 Å². The van der Waals surface area contributed by atoms with Crippen LogP contribution in [0, 0.1) is 0 Å². The van der Waals surface area contributed by atoms with Gasteiger partial charge in [-0.3, -0.25) is 0 Å². The number of ether oxygens (including phenoxy) is 1. The Morgan fingerprint density at radius 2 is 1.89 bits per heavy atom. The summed E-state index contributed by atoms with van der Waals surface area (Å²) in [5.74, 6) is 1.01. The quantitative estimate of drug-likeness (QED) is 0.545. The van der Waals surface area contributed by atoms with Gasteiger partial charge >= 0.3 is 0 Å². The smallest absolute Gasteiger partial charge is 0.122 e. The highest BCUT2D eigenvalue weighted by molar-refractivity contribution is 5.81. The predicted octanol–water partition coefficient (Wildman–Crippen LogP) is 4.50. The van der Waals surface area contributed by atoms with Crippen LogP contribution in [0.1, 0.15) is 16.7 Å². The molecule has 0 fully saturated rings. The maximum Gasteiger partial charge on any atom is 0.122 e. The van der Waals surface area contributed by atoms with Crippen molar-refractivity contribution in [3.05, 3.63) is 83.7 Å². The Morgan fingerprint density at radius 1 is 1.04 bits per heavy atom. The number of methoxy groups -OCH3 is 1. The molecule has 4 heteroatoms. The fourth-order valence-corrected chi connectivity index (χ4v) is 4.15. The molecule has 3 aromatic carbocycles. The number of hydrogen-bond acceptors (Lipinski definition) is 3. The van der Waals surface area contributed by atoms with Crippen molar-refractivity contribution in [1.29, 1.82) is 0 Å². The summed E-state index contributed by atoms with van der Waals surface area (Å²) < 4.78 is 5.51. The summed E-state index contributed by atoms with van der Waals surface area (Å²) >= 11 is 0. The Labute approximate surface area is 164 Å². The molecule has 0 bridgehead atoms. The Balaban J connectivity index is 1.25. The SMILES string of the molecule is COc1cccc2c1CC(NCc1ccc(-c3ccc4nc[nH]c4c3)cc1)C2. The van der Waals surface area contributed by atoms with E-state index in [2.05, 4.69) is 75.9 Å². The first kappa shape index (κ1) is 17.0. The zero-order chi connectivity index (χ0) is 18.9. The number of nitrogens with one attached hydrogen (secondary N) is 2. The lowest BCUT2D eigenvalue weighted by Gasteiger charge is -2.12. The van der Waals surface area contributed by atoms with E-state index in [1.54, 1.807) is 13.4 Å². The van der Waals surface area contributed by atoms with Crippen LogP contribution in [0.5, 0.6) is 5.75 Å². The number of fused-ring (bicyclic) bond motifs is 2. The van der Waals surface area contributed by atoms with Gasteiger partial charge in [-0.25, -0.2) is 4.98 Å². The first-order chi connectivity index (χ1) is 13.8. The zero-order valence-electron chi connectivity index (χ0n) is 15.9. The molecule has 1 unspecified atom stereocenters. The molecule has 28 heavy (non-hydrogen) atoms. The number of benzene rings is 3. The third kappa shape index (κ3) is 3.16. The van der Waals surface area contributed by atoms with E-state index in [4.69, 9.17) is 4.74 Å². The molecule has 140 valence electrons. The molecule has 2 N–H and O–H groups in total. The van der Waals surface area contributed by atoms with Gasteiger partial charge in [0, 0.05) is 12.6 Å². The van der Waals surface area contributed by atoms with Crippen molar-refractivity contribution in [1.82, 2.24) is 15.3 Å². The van der Waals surface area contributed by atoms with Crippen LogP contribution in [-0.2, 0) is 19.4 Å². The van der Waals surface area contributed by atoms with Crippen LogP contribution in [-0.4, -0.2) is 23.1 Å². The summed E-state index contributed by atoms with van der Waals surface area (Å²) in [6, 6.07) is 22.0. The summed E-state index contributed by atoms with van der Waals surface area (Å²) in [5, 5.41) is 3.71. The van der Waals surface area contributed by atoms with Gasteiger partial charge in [0.2, 0.25) is 0 Å². The second-order valence-electron chi connectivity index (χ2n) is 7.42. The lowest BCUT2D eigenvalue weighted by atomic mass is 10.0. The van der Waals surface area contributed by atoms with Crippen molar-refractivity contribution >= 4 is 11.0 Å². The summed E-state index contributed by atoms with van der Waals surface area (Å²) in [7, 11) is 1.75. The predicted molar refractivity (Wildman–Crippen MR) is 113 cm³/mol. The van der Waals surface area contributed by atoms with E-state index in [9.17, 15) is 0 Å². The second-order valence-corrected chi connectivity index (χ2v) is 7.42. The fraction of sp³-hybridized carbons (Fsp3) is 0.208. The first-order valence-electron chi connectivity index (χ1n) is 9.71. The van der Waals surface area contributed by atoms with E-state index in [0.717, 1.165) is 36.2 Å². The Bertz CT molecular complexity index is 1110. The molecule has 1 aliphatic rings. The van der Waals surface area contributed by atoms with E-state index in [-0.39, 0.29) is 0 Å². The van der Waals surface area contributed by atoms with Gasteiger partial charge in [0.05, 0.1) is 24.5 Å². The Morgan fingerprint density at radius 3 is 2.75 bits per heavy atom. The number of H-pyrrole nitrogens is 1. The Kier molecular flexibility index (Phi) is 4.34. The molecule has 1 heterocycles. The average Bonchev–Trinajstić information content (AvgIpc) is 3.38. The minimum absolute atomic E-state index is 0.466. The molecule has 0 amide bonds. The van der Waals surface area contributed by atoms with Crippen molar-refractivity contribution in [2.45, 2.75) is 25.4 Å². The highest BCUT2D eigenvalue weighted by atomic mass is 16.5. The molecule has 5 rings (SSSR count). The molecule has 1 atom stereocenters. The number of imidazole rings is 1. The topological polar surface area (TPSA) is 49.9 Å². The molecule has 0 spiro atoms. The van der Waals surface area contributed by atoms with Gasteiger partial charge in [0.1, 0.15) is 5.75 Å². The van der Waals surface area contributed by atoms with Crippen LogP contribution in [0.4, 0.5) is 0 Å². The van der Waals surface area contributed by atoms with E-state index in [1.165, 1.54) is 27.8 Å². The summed E-state index contributed by atoms with van der Waals surface area (Å²) in [5.41, 5.74) is 8.55. The molecule has 1 aliphatic carbocycles. The number of hydrogen-bond donors (Lipinski definition) is 2. The van der Waals surface area contributed by atoms with Crippen LogP contribution in [0.15, 0.2) is 67.0 Å². The maximum atomic E-state index is 5.51. The van der Waals surface area contributed by atoms with E-state index < -0.39 is 0 Å². The molecule has 4 aromatic rings. The molecule has 0 radical (unpaired) electrons. The standard InChI is InChI=1S/C24H23N3O/c1-28-24-4-2-3-19-11-20(13-21(19)24)25-14-16-5-7-17(8-6-16)18-9-10-22-23(12-18)27-15-26-22/h2-10,12,15,20,25H,11,13-14H2,1H3,(H,26,27). The molecule has 4 nitrogen and oxygen atoms in total. The molecule has 0 saturated heterocycles. The number of aromatic nitrogens is 2. The number of nitrogens with zero attached hydrogens (tertiary/aromatic N) is 1. The highest BCUT2D eigenvalue weighted by Crippen LogP contribution is 2.30. The maximum absolute atomic E-state index is 5.51. The van der Waals surface area contributed by atoms with Crippen LogP contribution in [0.3, 0.4) is 0 Å². The lowest BCUT2D eigenvalue weighted by Crippen LogP contribution is -2.28. The lowest BCUT2D eigenvalue weighted by molar-refractivity contribution is 0.408. The van der Waals surface area contributed by atoms with Crippen LogP contribution in [0.2, 0.25) is 0 Å². The van der Waals surface area contributed by atoms with E-state index in [1.807, 2.05) is 0 Å². The fourth-order valence-electron chi connectivity index (χ4n) is 4.15. The third-order valence-corrected chi connectivity index (χ3v) is 5.67. The van der Waals surface area contributed by atoms with Gasteiger partial charge < -0.3 is 15.0 Å². The van der Waals surface area contributed by atoms with Crippen molar-refractivity contribution in [3.8, 4) is 16.9 Å². The van der Waals surface area contributed by atoms with Gasteiger partial charge in [-0.05, 0) is 58.9 Å². The van der Waals surface area contributed by atoms with Crippen molar-refractivity contribution < 1.29 is 4.74 Å². The zero-order valence-corrected chi connectivity index (χ0v) is 15.9.